The minimum atomic E-state index is -4.43. The Morgan fingerprint density at radius 1 is 1.46 bits per heavy atom. The molecular weight excluding hydrogens is 224 g/mol. The molecule has 0 amide bonds. The lowest BCUT2D eigenvalue weighted by molar-refractivity contribution is 0.222. The summed E-state index contributed by atoms with van der Waals surface area (Å²) in [5.41, 5.74) is 0. The largest absolute Gasteiger partial charge is 0.350 e. The second-order valence-electron chi connectivity index (χ2n) is 3.12. The SMILES string of the molecule is CC1CN(S(=O)(=O)C(F)F)CC1Cl. The maximum absolute atomic E-state index is 12.0. The van der Waals surface area contributed by atoms with Crippen LogP contribution in [-0.2, 0) is 10.0 Å². The van der Waals surface area contributed by atoms with Gasteiger partial charge in [-0.2, -0.15) is 13.1 Å². The molecule has 7 heteroatoms. The zero-order valence-corrected chi connectivity index (χ0v) is 8.52. The third-order valence-corrected chi connectivity index (χ3v) is 4.11. The van der Waals surface area contributed by atoms with E-state index in [-0.39, 0.29) is 24.4 Å². The van der Waals surface area contributed by atoms with Gasteiger partial charge < -0.3 is 0 Å². The molecule has 0 N–H and O–H groups in total. The molecule has 0 aromatic carbocycles. The van der Waals surface area contributed by atoms with Gasteiger partial charge in [-0.1, -0.05) is 6.92 Å². The smallest absolute Gasteiger partial charge is 0.206 e. The van der Waals surface area contributed by atoms with Crippen LogP contribution in [0.15, 0.2) is 0 Å². The third-order valence-electron chi connectivity index (χ3n) is 2.07. The Kier molecular flexibility index (Phi) is 3.14. The summed E-state index contributed by atoms with van der Waals surface area (Å²) in [6.07, 6.45) is 0. The fraction of sp³-hybridized carbons (Fsp3) is 1.00. The monoisotopic (exact) mass is 233 g/mol. The van der Waals surface area contributed by atoms with Crippen LogP contribution in [0.5, 0.6) is 0 Å². The first kappa shape index (κ1) is 11.1. The van der Waals surface area contributed by atoms with Gasteiger partial charge in [-0.3, -0.25) is 0 Å². The Labute approximate surface area is 80.7 Å². The van der Waals surface area contributed by atoms with E-state index in [2.05, 4.69) is 0 Å². The highest BCUT2D eigenvalue weighted by atomic mass is 35.5. The Morgan fingerprint density at radius 2 is 2.00 bits per heavy atom. The van der Waals surface area contributed by atoms with Crippen LogP contribution in [0.1, 0.15) is 6.92 Å². The predicted octanol–water partition coefficient (Wildman–Crippen LogP) is 1.10. The van der Waals surface area contributed by atoms with E-state index >= 15 is 0 Å². The van der Waals surface area contributed by atoms with Crippen LogP contribution in [0.4, 0.5) is 8.78 Å². The number of hydrogen-bond donors (Lipinski definition) is 0. The number of alkyl halides is 3. The zero-order valence-electron chi connectivity index (χ0n) is 6.95. The molecule has 78 valence electrons. The number of hydrogen-bond acceptors (Lipinski definition) is 2. The van der Waals surface area contributed by atoms with Crippen LogP contribution >= 0.6 is 11.6 Å². The molecule has 1 aliphatic heterocycles. The van der Waals surface area contributed by atoms with Crippen molar-refractivity contribution in [1.29, 1.82) is 0 Å². The van der Waals surface area contributed by atoms with E-state index in [1.165, 1.54) is 0 Å². The molecule has 1 aliphatic rings. The van der Waals surface area contributed by atoms with Gasteiger partial charge in [-0.15, -0.1) is 11.6 Å². The molecule has 0 aliphatic carbocycles. The first-order valence-corrected chi connectivity index (χ1v) is 5.71. The van der Waals surface area contributed by atoms with Crippen LogP contribution in [0.3, 0.4) is 0 Å². The molecule has 0 radical (unpaired) electrons. The minimum absolute atomic E-state index is 0.0185. The standard InChI is InChI=1S/C6H10ClF2NO2S/c1-4-2-10(3-5(4)7)13(11,12)6(8)9/h4-6H,2-3H2,1H3. The summed E-state index contributed by atoms with van der Waals surface area (Å²) in [5, 5.41) is -0.367. The molecule has 2 atom stereocenters. The lowest BCUT2D eigenvalue weighted by Gasteiger charge is -2.14. The Morgan fingerprint density at radius 3 is 2.31 bits per heavy atom. The number of nitrogens with zero attached hydrogens (tertiary/aromatic N) is 1. The molecule has 0 aromatic heterocycles. The van der Waals surface area contributed by atoms with E-state index in [1.54, 1.807) is 6.92 Å². The summed E-state index contributed by atoms with van der Waals surface area (Å²) >= 11 is 5.72. The van der Waals surface area contributed by atoms with Gasteiger partial charge in [0, 0.05) is 13.1 Å². The number of halogens is 3. The van der Waals surface area contributed by atoms with Crippen molar-refractivity contribution in [2.24, 2.45) is 5.92 Å². The normalized spacial score (nSPS) is 31.5. The van der Waals surface area contributed by atoms with Crippen molar-refractivity contribution in [3.63, 3.8) is 0 Å². The number of sulfonamides is 1. The van der Waals surface area contributed by atoms with Crippen LogP contribution in [0, 0.1) is 5.92 Å². The molecule has 0 bridgehead atoms. The van der Waals surface area contributed by atoms with E-state index < -0.39 is 15.8 Å². The van der Waals surface area contributed by atoms with Crippen LogP contribution in [-0.4, -0.2) is 36.9 Å². The summed E-state index contributed by atoms with van der Waals surface area (Å²) in [6, 6.07) is 0. The van der Waals surface area contributed by atoms with Gasteiger partial charge in [0.1, 0.15) is 0 Å². The minimum Gasteiger partial charge on any atom is -0.206 e. The highest BCUT2D eigenvalue weighted by molar-refractivity contribution is 7.89. The van der Waals surface area contributed by atoms with Gasteiger partial charge in [-0.05, 0) is 5.92 Å². The van der Waals surface area contributed by atoms with Crippen molar-refractivity contribution in [3.05, 3.63) is 0 Å². The summed E-state index contributed by atoms with van der Waals surface area (Å²) in [4.78, 5) is 0. The average molecular weight is 234 g/mol. The second-order valence-corrected chi connectivity index (χ2v) is 5.58. The molecule has 13 heavy (non-hydrogen) atoms. The summed E-state index contributed by atoms with van der Waals surface area (Å²) in [5.74, 6) is -3.42. The fourth-order valence-corrected chi connectivity index (χ4v) is 2.57. The van der Waals surface area contributed by atoms with Crippen molar-refractivity contribution in [2.45, 2.75) is 18.1 Å². The molecule has 1 saturated heterocycles. The fourth-order valence-electron chi connectivity index (χ4n) is 1.21. The van der Waals surface area contributed by atoms with Gasteiger partial charge in [0.25, 0.3) is 10.0 Å². The van der Waals surface area contributed by atoms with Gasteiger partial charge in [0.15, 0.2) is 0 Å². The molecule has 0 spiro atoms. The third kappa shape index (κ3) is 2.11. The lowest BCUT2D eigenvalue weighted by Crippen LogP contribution is -2.33. The molecule has 2 unspecified atom stereocenters. The van der Waals surface area contributed by atoms with E-state index in [4.69, 9.17) is 11.6 Å². The van der Waals surface area contributed by atoms with Crippen molar-refractivity contribution in [1.82, 2.24) is 4.31 Å². The summed E-state index contributed by atoms with van der Waals surface area (Å²) in [6.45, 7) is 1.80. The molecule has 0 aromatic rings. The Balaban J connectivity index is 2.77. The van der Waals surface area contributed by atoms with Gasteiger partial charge >= 0.3 is 5.76 Å². The molecule has 3 nitrogen and oxygen atoms in total. The maximum atomic E-state index is 12.0. The topological polar surface area (TPSA) is 37.4 Å². The van der Waals surface area contributed by atoms with Gasteiger partial charge in [0.05, 0.1) is 5.38 Å². The molecule has 1 fully saturated rings. The van der Waals surface area contributed by atoms with Crippen molar-refractivity contribution in [2.75, 3.05) is 13.1 Å². The van der Waals surface area contributed by atoms with E-state index in [1.807, 2.05) is 0 Å². The number of rotatable bonds is 2. The zero-order chi connectivity index (χ0) is 10.2. The second kappa shape index (κ2) is 3.67. The van der Waals surface area contributed by atoms with Crippen molar-refractivity contribution < 1.29 is 17.2 Å². The highest BCUT2D eigenvalue weighted by Crippen LogP contribution is 2.26. The van der Waals surface area contributed by atoms with Crippen molar-refractivity contribution >= 4 is 21.6 Å². The lowest BCUT2D eigenvalue weighted by atomic mass is 10.2. The van der Waals surface area contributed by atoms with Crippen LogP contribution in [0.25, 0.3) is 0 Å². The van der Waals surface area contributed by atoms with Gasteiger partial charge in [-0.25, -0.2) is 8.42 Å². The first-order chi connectivity index (χ1) is 5.85. The van der Waals surface area contributed by atoms with Crippen LogP contribution in [0.2, 0.25) is 0 Å². The highest BCUT2D eigenvalue weighted by Gasteiger charge is 2.39. The molecule has 0 saturated carbocycles. The Hall–Kier alpha value is 0.0600. The summed E-state index contributed by atoms with van der Waals surface area (Å²) < 4.78 is 46.7. The first-order valence-electron chi connectivity index (χ1n) is 3.77. The van der Waals surface area contributed by atoms with E-state index in [9.17, 15) is 17.2 Å². The Bertz CT molecular complexity index is 272. The van der Waals surface area contributed by atoms with E-state index in [0.717, 1.165) is 4.31 Å². The molecular formula is C6H10ClF2NO2S. The molecule has 1 heterocycles. The van der Waals surface area contributed by atoms with Gasteiger partial charge in [0.2, 0.25) is 0 Å². The average Bonchev–Trinajstić information content (AvgIpc) is 2.32. The maximum Gasteiger partial charge on any atom is 0.350 e. The predicted molar refractivity (Wildman–Crippen MR) is 45.3 cm³/mol. The quantitative estimate of drug-likeness (QED) is 0.670. The summed E-state index contributed by atoms with van der Waals surface area (Å²) in [7, 11) is -4.43. The van der Waals surface area contributed by atoms with Crippen molar-refractivity contribution in [3.8, 4) is 0 Å². The molecule has 1 rings (SSSR count). The van der Waals surface area contributed by atoms with E-state index in [0.29, 0.717) is 0 Å². The van der Waals surface area contributed by atoms with Crippen LogP contribution < -0.4 is 0 Å².